The standard InChI is InChI=1S/C15H24O3S.C7H15N/c1-2-3-4-5-6-7-8-11-14-12-9-10-13-15(14)19(16,17)18;1-8-7-5-3-2-4-6-7/h9-10,12-13H,2-8,11H2,1H3,(H,16,17,18);7-8H,2-6H2,1H3. The van der Waals surface area contributed by atoms with Gasteiger partial charge in [0.1, 0.15) is 0 Å². The van der Waals surface area contributed by atoms with Crippen LogP contribution in [0.25, 0.3) is 0 Å². The fraction of sp³-hybridized carbons (Fsp3) is 0.727. The molecule has 1 aliphatic rings. The Morgan fingerprint density at radius 1 is 0.963 bits per heavy atom. The van der Waals surface area contributed by atoms with E-state index in [0.717, 1.165) is 24.4 Å². The monoisotopic (exact) mass is 397 g/mol. The molecule has 1 aromatic carbocycles. The van der Waals surface area contributed by atoms with Crippen LogP contribution in [0.2, 0.25) is 0 Å². The average Bonchev–Trinajstić information content (AvgIpc) is 2.68. The number of hydrogen-bond acceptors (Lipinski definition) is 3. The highest BCUT2D eigenvalue weighted by Crippen LogP contribution is 2.18. The van der Waals surface area contributed by atoms with Crippen LogP contribution in [0.5, 0.6) is 0 Å². The molecular weight excluding hydrogens is 358 g/mol. The van der Waals surface area contributed by atoms with Gasteiger partial charge in [-0.05, 0) is 44.4 Å². The second-order valence-corrected chi connectivity index (χ2v) is 8.97. The van der Waals surface area contributed by atoms with Crippen molar-refractivity contribution in [2.24, 2.45) is 0 Å². The van der Waals surface area contributed by atoms with Crippen molar-refractivity contribution < 1.29 is 13.0 Å². The summed E-state index contributed by atoms with van der Waals surface area (Å²) >= 11 is 0. The van der Waals surface area contributed by atoms with Crippen LogP contribution in [0.15, 0.2) is 29.2 Å². The zero-order chi connectivity index (χ0) is 20.0. The predicted molar refractivity (Wildman–Crippen MR) is 114 cm³/mol. The highest BCUT2D eigenvalue weighted by atomic mass is 32.2. The largest absolute Gasteiger partial charge is 0.317 e. The van der Waals surface area contributed by atoms with Crippen LogP contribution >= 0.6 is 0 Å². The van der Waals surface area contributed by atoms with Gasteiger partial charge in [-0.1, -0.05) is 82.9 Å². The quantitative estimate of drug-likeness (QED) is 0.389. The molecular formula is C22H39NO3S. The van der Waals surface area contributed by atoms with Crippen molar-refractivity contribution in [1.29, 1.82) is 0 Å². The van der Waals surface area contributed by atoms with E-state index in [1.54, 1.807) is 12.1 Å². The third-order valence-corrected chi connectivity index (χ3v) is 6.27. The average molecular weight is 398 g/mol. The molecule has 0 aliphatic heterocycles. The highest BCUT2D eigenvalue weighted by Gasteiger charge is 2.13. The minimum atomic E-state index is -4.09. The van der Waals surface area contributed by atoms with Crippen LogP contribution in [0.3, 0.4) is 0 Å². The zero-order valence-corrected chi connectivity index (χ0v) is 18.1. The lowest BCUT2D eigenvalue weighted by Crippen LogP contribution is -2.26. The van der Waals surface area contributed by atoms with Gasteiger partial charge < -0.3 is 5.32 Å². The normalized spacial score (nSPS) is 15.2. The van der Waals surface area contributed by atoms with Gasteiger partial charge in [0.05, 0.1) is 4.90 Å². The molecule has 0 saturated heterocycles. The molecule has 156 valence electrons. The van der Waals surface area contributed by atoms with Crippen LogP contribution in [0.1, 0.15) is 89.5 Å². The lowest BCUT2D eigenvalue weighted by atomic mass is 9.96. The van der Waals surface area contributed by atoms with Crippen molar-refractivity contribution in [3.05, 3.63) is 29.8 Å². The third-order valence-electron chi connectivity index (χ3n) is 5.31. The Bertz CT molecular complexity index is 595. The molecule has 0 heterocycles. The van der Waals surface area contributed by atoms with Crippen LogP contribution in [-0.4, -0.2) is 26.1 Å². The molecule has 2 rings (SSSR count). The first-order valence-electron chi connectivity index (χ1n) is 10.7. The van der Waals surface area contributed by atoms with Crippen LogP contribution in [-0.2, 0) is 16.5 Å². The summed E-state index contributed by atoms with van der Waals surface area (Å²) in [4.78, 5) is 0.0565. The number of rotatable bonds is 10. The van der Waals surface area contributed by atoms with E-state index < -0.39 is 10.1 Å². The van der Waals surface area contributed by atoms with Gasteiger partial charge in [-0.3, -0.25) is 4.55 Å². The first kappa shape index (κ1) is 24.1. The molecule has 0 aromatic heterocycles. The maximum atomic E-state index is 11.2. The topological polar surface area (TPSA) is 66.4 Å². The number of hydrogen-bond donors (Lipinski definition) is 2. The Labute approximate surface area is 166 Å². The second kappa shape index (κ2) is 14.1. The fourth-order valence-electron chi connectivity index (χ4n) is 3.63. The Morgan fingerprint density at radius 3 is 2.11 bits per heavy atom. The summed E-state index contributed by atoms with van der Waals surface area (Å²) in [7, 11) is -2.02. The summed E-state index contributed by atoms with van der Waals surface area (Å²) in [5, 5.41) is 3.30. The Balaban J connectivity index is 0.000000377. The summed E-state index contributed by atoms with van der Waals surface area (Å²) in [5.74, 6) is 0. The Morgan fingerprint density at radius 2 is 1.56 bits per heavy atom. The SMILES string of the molecule is CCCCCCCCCc1ccccc1S(=O)(=O)O.CNC1CCCCC1. The van der Waals surface area contributed by atoms with Crippen molar-refractivity contribution in [3.8, 4) is 0 Å². The first-order valence-corrected chi connectivity index (χ1v) is 12.2. The van der Waals surface area contributed by atoms with Crippen molar-refractivity contribution >= 4 is 10.1 Å². The molecule has 1 saturated carbocycles. The molecule has 0 atom stereocenters. The van der Waals surface area contributed by atoms with E-state index in [-0.39, 0.29) is 4.90 Å². The minimum absolute atomic E-state index is 0.0565. The molecule has 5 heteroatoms. The van der Waals surface area contributed by atoms with Crippen molar-refractivity contribution in [3.63, 3.8) is 0 Å². The van der Waals surface area contributed by atoms with E-state index in [1.807, 2.05) is 6.07 Å². The first-order chi connectivity index (χ1) is 13.0. The third kappa shape index (κ3) is 10.9. The Kier molecular flexibility index (Phi) is 12.6. The highest BCUT2D eigenvalue weighted by molar-refractivity contribution is 7.85. The van der Waals surface area contributed by atoms with Crippen molar-refractivity contribution in [2.75, 3.05) is 7.05 Å². The smallest absolute Gasteiger partial charge is 0.294 e. The number of nitrogens with one attached hydrogen (secondary N) is 1. The van der Waals surface area contributed by atoms with E-state index in [9.17, 15) is 8.42 Å². The minimum Gasteiger partial charge on any atom is -0.317 e. The molecule has 27 heavy (non-hydrogen) atoms. The molecule has 4 nitrogen and oxygen atoms in total. The Hall–Kier alpha value is -0.910. The van der Waals surface area contributed by atoms with E-state index in [1.165, 1.54) is 70.3 Å². The second-order valence-electron chi connectivity index (χ2n) is 7.58. The van der Waals surface area contributed by atoms with E-state index in [4.69, 9.17) is 4.55 Å². The molecule has 0 unspecified atom stereocenters. The van der Waals surface area contributed by atoms with Gasteiger partial charge in [0.15, 0.2) is 0 Å². The maximum absolute atomic E-state index is 11.2. The number of unbranched alkanes of at least 4 members (excludes halogenated alkanes) is 6. The summed E-state index contributed by atoms with van der Waals surface area (Å²) < 4.78 is 31.6. The molecule has 0 amide bonds. The van der Waals surface area contributed by atoms with Gasteiger partial charge in [0.2, 0.25) is 0 Å². The predicted octanol–water partition coefficient (Wildman–Crippen LogP) is 5.76. The number of aryl methyl sites for hydroxylation is 1. The molecule has 0 spiro atoms. The van der Waals surface area contributed by atoms with E-state index >= 15 is 0 Å². The molecule has 1 fully saturated rings. The molecule has 0 radical (unpaired) electrons. The molecule has 0 bridgehead atoms. The van der Waals surface area contributed by atoms with Gasteiger partial charge in [-0.2, -0.15) is 8.42 Å². The number of benzene rings is 1. The van der Waals surface area contributed by atoms with Gasteiger partial charge in [0.25, 0.3) is 10.1 Å². The van der Waals surface area contributed by atoms with Gasteiger partial charge in [0, 0.05) is 6.04 Å². The fourth-order valence-corrected chi connectivity index (χ4v) is 4.38. The van der Waals surface area contributed by atoms with Gasteiger partial charge >= 0.3 is 0 Å². The molecule has 2 N–H and O–H groups in total. The van der Waals surface area contributed by atoms with Crippen LogP contribution in [0, 0.1) is 0 Å². The lowest BCUT2D eigenvalue weighted by Gasteiger charge is -2.20. The molecule has 1 aliphatic carbocycles. The summed E-state index contributed by atoms with van der Waals surface area (Å²) in [6, 6.07) is 7.53. The van der Waals surface area contributed by atoms with Crippen molar-refractivity contribution in [2.45, 2.75) is 101 Å². The van der Waals surface area contributed by atoms with Crippen LogP contribution in [0.4, 0.5) is 0 Å². The maximum Gasteiger partial charge on any atom is 0.294 e. The van der Waals surface area contributed by atoms with Crippen LogP contribution < -0.4 is 5.32 Å². The lowest BCUT2D eigenvalue weighted by molar-refractivity contribution is 0.394. The summed E-state index contributed by atoms with van der Waals surface area (Å²) in [6.45, 7) is 2.20. The van der Waals surface area contributed by atoms with Crippen molar-refractivity contribution in [1.82, 2.24) is 5.32 Å². The van der Waals surface area contributed by atoms with Gasteiger partial charge in [-0.25, -0.2) is 0 Å². The summed E-state index contributed by atoms with van der Waals surface area (Å²) in [5.41, 5.74) is 0.721. The zero-order valence-electron chi connectivity index (χ0n) is 17.3. The van der Waals surface area contributed by atoms with Gasteiger partial charge in [-0.15, -0.1) is 0 Å². The molecule has 1 aromatic rings. The van der Waals surface area contributed by atoms with E-state index in [0.29, 0.717) is 6.42 Å². The summed E-state index contributed by atoms with van der Waals surface area (Å²) in [6.07, 6.45) is 16.2. The van der Waals surface area contributed by atoms with E-state index in [2.05, 4.69) is 19.3 Å².